The Hall–Kier alpha value is -0.600. The van der Waals surface area contributed by atoms with Gasteiger partial charge in [-0.25, -0.2) is 0 Å². The van der Waals surface area contributed by atoms with Crippen LogP contribution in [-0.2, 0) is 0 Å². The minimum absolute atomic E-state index is 0.111. The van der Waals surface area contributed by atoms with Gasteiger partial charge in [-0.05, 0) is 37.1 Å². The molecule has 0 amide bonds. The van der Waals surface area contributed by atoms with E-state index in [9.17, 15) is 0 Å². The zero-order chi connectivity index (χ0) is 9.60. The van der Waals surface area contributed by atoms with E-state index in [1.54, 1.807) is 0 Å². The van der Waals surface area contributed by atoms with E-state index >= 15 is 0 Å². The Morgan fingerprint density at radius 1 is 1.29 bits per heavy atom. The lowest BCUT2D eigenvalue weighted by molar-refractivity contribution is 0.221. The first kappa shape index (κ1) is 8.69. The van der Waals surface area contributed by atoms with Crippen LogP contribution >= 0.6 is 0 Å². The van der Waals surface area contributed by atoms with Crippen molar-refractivity contribution >= 4 is 0 Å². The van der Waals surface area contributed by atoms with Gasteiger partial charge in [0.25, 0.3) is 0 Å². The van der Waals surface area contributed by atoms with Gasteiger partial charge in [-0.2, -0.15) is 0 Å². The molecule has 14 heavy (non-hydrogen) atoms. The number of nitrogens with two attached hydrogens (primary N) is 1. The second kappa shape index (κ2) is 2.94. The minimum atomic E-state index is 0.111. The van der Waals surface area contributed by atoms with Crippen molar-refractivity contribution in [1.29, 1.82) is 0 Å². The molecule has 0 bridgehead atoms. The van der Waals surface area contributed by atoms with Gasteiger partial charge in [0.15, 0.2) is 0 Å². The predicted molar refractivity (Wildman–Crippen MR) is 57.8 cm³/mol. The van der Waals surface area contributed by atoms with Crippen molar-refractivity contribution in [2.45, 2.75) is 18.4 Å². The molecule has 0 aromatic rings. The Labute approximate surface area is 85.2 Å². The molecule has 3 N–H and O–H groups in total. The van der Waals surface area contributed by atoms with Gasteiger partial charge >= 0.3 is 0 Å². The normalized spacial score (nSPS) is 50.2. The lowest BCUT2D eigenvalue weighted by atomic mass is 9.78. The summed E-state index contributed by atoms with van der Waals surface area (Å²) in [5, 5.41) is 3.48. The summed E-state index contributed by atoms with van der Waals surface area (Å²) >= 11 is 0. The topological polar surface area (TPSA) is 38.0 Å². The molecule has 76 valence electrons. The van der Waals surface area contributed by atoms with Crippen LogP contribution in [0.3, 0.4) is 0 Å². The molecule has 3 rings (SSSR count). The molecule has 4 unspecified atom stereocenters. The Balaban J connectivity index is 1.93. The highest BCUT2D eigenvalue weighted by Crippen LogP contribution is 2.47. The molecule has 3 aliphatic rings. The summed E-state index contributed by atoms with van der Waals surface area (Å²) < 4.78 is 0. The first-order valence-corrected chi connectivity index (χ1v) is 5.64. The number of rotatable bonds is 0. The maximum atomic E-state index is 6.52. The fourth-order valence-corrected chi connectivity index (χ4v) is 3.49. The summed E-state index contributed by atoms with van der Waals surface area (Å²) in [6.45, 7) is 2.20. The zero-order valence-corrected chi connectivity index (χ0v) is 8.45. The monoisotopic (exact) mass is 190 g/mol. The number of hydrogen-bond donors (Lipinski definition) is 2. The van der Waals surface area contributed by atoms with E-state index in [0.717, 1.165) is 19.5 Å². The van der Waals surface area contributed by atoms with Crippen LogP contribution in [0.5, 0.6) is 0 Å². The Morgan fingerprint density at radius 3 is 3.07 bits per heavy atom. The van der Waals surface area contributed by atoms with E-state index in [2.05, 4.69) is 29.6 Å². The Kier molecular flexibility index (Phi) is 1.83. The van der Waals surface area contributed by atoms with Gasteiger partial charge < -0.3 is 11.1 Å². The number of nitrogens with one attached hydrogen (secondary N) is 1. The summed E-state index contributed by atoms with van der Waals surface area (Å²) in [7, 11) is 0. The van der Waals surface area contributed by atoms with E-state index in [1.165, 1.54) is 6.42 Å². The molecule has 1 heterocycles. The third kappa shape index (κ3) is 1.11. The molecule has 4 atom stereocenters. The van der Waals surface area contributed by atoms with Gasteiger partial charge in [-0.1, -0.05) is 24.3 Å². The van der Waals surface area contributed by atoms with Gasteiger partial charge in [0.2, 0.25) is 0 Å². The van der Waals surface area contributed by atoms with Gasteiger partial charge in [0.1, 0.15) is 0 Å². The van der Waals surface area contributed by atoms with Crippen molar-refractivity contribution in [2.75, 3.05) is 13.1 Å². The highest BCUT2D eigenvalue weighted by atomic mass is 15.0. The largest absolute Gasteiger partial charge is 0.325 e. The molecule has 1 aliphatic heterocycles. The summed E-state index contributed by atoms with van der Waals surface area (Å²) in [6, 6.07) is 0. The van der Waals surface area contributed by atoms with Gasteiger partial charge in [0.05, 0.1) is 0 Å². The van der Waals surface area contributed by atoms with Crippen LogP contribution in [0.1, 0.15) is 12.8 Å². The highest BCUT2D eigenvalue weighted by Gasteiger charge is 2.50. The fourth-order valence-electron chi connectivity index (χ4n) is 3.49. The predicted octanol–water partition coefficient (Wildman–Crippen LogP) is 1.06. The first-order valence-electron chi connectivity index (χ1n) is 5.64. The third-order valence-corrected chi connectivity index (χ3v) is 4.25. The number of fused-ring (bicyclic) bond motifs is 3. The number of hydrogen-bond acceptors (Lipinski definition) is 2. The molecular weight excluding hydrogens is 172 g/mol. The van der Waals surface area contributed by atoms with Crippen LogP contribution in [-0.4, -0.2) is 18.6 Å². The van der Waals surface area contributed by atoms with Crippen molar-refractivity contribution in [2.24, 2.45) is 23.5 Å². The van der Waals surface area contributed by atoms with Gasteiger partial charge in [0, 0.05) is 12.1 Å². The van der Waals surface area contributed by atoms with Gasteiger partial charge in [-0.15, -0.1) is 0 Å². The summed E-state index contributed by atoms with van der Waals surface area (Å²) in [4.78, 5) is 0. The molecular formula is C12H18N2. The summed E-state index contributed by atoms with van der Waals surface area (Å²) in [5.41, 5.74) is 6.63. The average Bonchev–Trinajstić information content (AvgIpc) is 2.49. The lowest BCUT2D eigenvalue weighted by Crippen LogP contribution is -2.54. The molecule has 2 nitrogen and oxygen atoms in total. The van der Waals surface area contributed by atoms with E-state index in [4.69, 9.17) is 5.73 Å². The van der Waals surface area contributed by atoms with Crippen LogP contribution in [0.15, 0.2) is 24.3 Å². The molecule has 1 saturated heterocycles. The fraction of sp³-hybridized carbons (Fsp3) is 0.667. The molecule has 1 saturated carbocycles. The van der Waals surface area contributed by atoms with Crippen LogP contribution < -0.4 is 11.1 Å². The zero-order valence-electron chi connectivity index (χ0n) is 8.45. The number of piperidine rings is 1. The van der Waals surface area contributed by atoms with Crippen molar-refractivity contribution in [1.82, 2.24) is 5.32 Å². The van der Waals surface area contributed by atoms with E-state index in [-0.39, 0.29) is 5.54 Å². The Bertz CT molecular complexity index is 295. The van der Waals surface area contributed by atoms with Crippen molar-refractivity contribution in [3.8, 4) is 0 Å². The maximum Gasteiger partial charge on any atom is 0.0218 e. The standard InChI is InChI=1S/C12H18N2/c13-12-5-6-14-8-11(12)10-4-2-1-3-9(10)7-12/h1-4,9-11,14H,5-8,13H2. The van der Waals surface area contributed by atoms with E-state index in [1.807, 2.05) is 0 Å². The molecule has 0 radical (unpaired) electrons. The smallest absolute Gasteiger partial charge is 0.0218 e. The summed E-state index contributed by atoms with van der Waals surface area (Å²) in [6.07, 6.45) is 11.4. The van der Waals surface area contributed by atoms with Crippen LogP contribution in [0, 0.1) is 17.8 Å². The Morgan fingerprint density at radius 2 is 2.14 bits per heavy atom. The molecule has 0 spiro atoms. The van der Waals surface area contributed by atoms with Crippen LogP contribution in [0.25, 0.3) is 0 Å². The first-order chi connectivity index (χ1) is 6.80. The van der Waals surface area contributed by atoms with E-state index in [0.29, 0.717) is 17.8 Å². The summed E-state index contributed by atoms with van der Waals surface area (Å²) in [5.74, 6) is 2.05. The molecule has 2 fully saturated rings. The molecule has 2 aliphatic carbocycles. The highest BCUT2D eigenvalue weighted by molar-refractivity contribution is 5.23. The quantitative estimate of drug-likeness (QED) is 0.599. The maximum absolute atomic E-state index is 6.52. The second-order valence-corrected chi connectivity index (χ2v) is 5.01. The molecule has 0 aromatic carbocycles. The van der Waals surface area contributed by atoms with Crippen LogP contribution in [0.2, 0.25) is 0 Å². The SMILES string of the molecule is NC12CCNCC1C1C=CC=CC1C2. The minimum Gasteiger partial charge on any atom is -0.325 e. The van der Waals surface area contributed by atoms with E-state index < -0.39 is 0 Å². The molecule has 0 aromatic heterocycles. The van der Waals surface area contributed by atoms with Gasteiger partial charge in [-0.3, -0.25) is 0 Å². The second-order valence-electron chi connectivity index (χ2n) is 5.01. The van der Waals surface area contributed by atoms with Crippen LogP contribution in [0.4, 0.5) is 0 Å². The average molecular weight is 190 g/mol. The van der Waals surface area contributed by atoms with Crippen molar-refractivity contribution in [3.63, 3.8) is 0 Å². The van der Waals surface area contributed by atoms with Crippen molar-refractivity contribution < 1.29 is 0 Å². The lowest BCUT2D eigenvalue weighted by Gasteiger charge is -2.38. The molecule has 2 heteroatoms. The number of allylic oxidation sites excluding steroid dienone is 4. The third-order valence-electron chi connectivity index (χ3n) is 4.25. The van der Waals surface area contributed by atoms with Crippen molar-refractivity contribution in [3.05, 3.63) is 24.3 Å².